The summed E-state index contributed by atoms with van der Waals surface area (Å²) in [4.78, 5) is 19.3. The van der Waals surface area contributed by atoms with E-state index in [4.69, 9.17) is 4.74 Å². The number of hydrogen-bond acceptors (Lipinski definition) is 5. The smallest absolute Gasteiger partial charge is 0.335 e. The predicted octanol–water partition coefficient (Wildman–Crippen LogP) is 2.78. The molecule has 0 radical (unpaired) electrons. The zero-order valence-electron chi connectivity index (χ0n) is 15.4. The molecule has 2 atom stereocenters. The highest BCUT2D eigenvalue weighted by Gasteiger charge is 2.54. The summed E-state index contributed by atoms with van der Waals surface area (Å²) >= 11 is 0. The summed E-state index contributed by atoms with van der Waals surface area (Å²) in [7, 11) is 1.39. The minimum absolute atomic E-state index is 0.258. The highest BCUT2D eigenvalue weighted by Crippen LogP contribution is 2.56. The van der Waals surface area contributed by atoms with Gasteiger partial charge in [-0.2, -0.15) is 0 Å². The third-order valence-corrected chi connectivity index (χ3v) is 6.57. The number of rotatable bonds is 5. The average molecular weight is 357 g/mol. The van der Waals surface area contributed by atoms with E-state index in [0.29, 0.717) is 29.1 Å². The Labute approximate surface area is 153 Å². The molecule has 26 heavy (non-hydrogen) atoms. The van der Waals surface area contributed by atoms with Crippen LogP contribution in [0.1, 0.15) is 44.6 Å². The fourth-order valence-corrected chi connectivity index (χ4v) is 5.72. The van der Waals surface area contributed by atoms with Crippen molar-refractivity contribution < 1.29 is 14.6 Å². The van der Waals surface area contributed by atoms with Crippen molar-refractivity contribution in [1.29, 1.82) is 0 Å². The van der Waals surface area contributed by atoms with Gasteiger partial charge in [-0.25, -0.2) is 9.79 Å². The third kappa shape index (κ3) is 2.76. The van der Waals surface area contributed by atoms with Crippen LogP contribution in [0.4, 0.5) is 5.82 Å². The molecule has 1 aromatic heterocycles. The SMILES string of the molecule is C=Nc1[nH]ccc1/C(NC1C2CC3CC1CC(O)(C3)C2)=C(\C)C(=O)OC. The van der Waals surface area contributed by atoms with Gasteiger partial charge in [-0.3, -0.25) is 0 Å². The molecule has 4 saturated carbocycles. The van der Waals surface area contributed by atoms with E-state index in [1.807, 2.05) is 6.07 Å². The Balaban J connectivity index is 1.68. The third-order valence-electron chi connectivity index (χ3n) is 6.57. The lowest BCUT2D eigenvalue weighted by Gasteiger charge is -2.58. The minimum Gasteiger partial charge on any atom is -0.466 e. The van der Waals surface area contributed by atoms with Crippen molar-refractivity contribution in [2.75, 3.05) is 7.11 Å². The Morgan fingerprint density at radius 3 is 2.65 bits per heavy atom. The number of hydrogen-bond donors (Lipinski definition) is 3. The number of aliphatic hydroxyl groups is 1. The maximum Gasteiger partial charge on any atom is 0.335 e. The van der Waals surface area contributed by atoms with Crippen LogP contribution in [0.3, 0.4) is 0 Å². The molecule has 6 heteroatoms. The monoisotopic (exact) mass is 357 g/mol. The number of carbonyl (C=O) groups excluding carboxylic acids is 1. The van der Waals surface area contributed by atoms with Crippen LogP contribution < -0.4 is 5.32 Å². The van der Waals surface area contributed by atoms with Crippen molar-refractivity contribution in [2.24, 2.45) is 22.7 Å². The molecule has 4 aliphatic rings. The second kappa shape index (κ2) is 6.27. The van der Waals surface area contributed by atoms with E-state index in [9.17, 15) is 9.90 Å². The number of ether oxygens (including phenoxy) is 1. The number of aromatic amines is 1. The molecule has 140 valence electrons. The molecule has 6 nitrogen and oxygen atoms in total. The molecule has 1 heterocycles. The van der Waals surface area contributed by atoms with Crippen molar-refractivity contribution in [1.82, 2.24) is 10.3 Å². The minimum atomic E-state index is -0.474. The number of aromatic nitrogens is 1. The Morgan fingerprint density at radius 1 is 1.38 bits per heavy atom. The summed E-state index contributed by atoms with van der Waals surface area (Å²) < 4.78 is 4.95. The lowest BCUT2D eigenvalue weighted by molar-refractivity contribution is -0.137. The maximum atomic E-state index is 12.2. The molecule has 0 spiro atoms. The predicted molar refractivity (Wildman–Crippen MR) is 100 cm³/mol. The van der Waals surface area contributed by atoms with Gasteiger partial charge in [-0.15, -0.1) is 0 Å². The summed E-state index contributed by atoms with van der Waals surface area (Å²) in [6, 6.07) is 2.16. The first-order chi connectivity index (χ1) is 12.4. The van der Waals surface area contributed by atoms with Gasteiger partial charge < -0.3 is 20.1 Å². The standard InChI is InChI=1S/C20H27N3O3/c1-11(19(24)26-3)16(15-4-5-22-18(15)21-2)23-17-13-6-12-7-14(17)10-20(25,8-12)9-13/h4-5,12-14,17,22-23,25H,2,6-10H2,1,3H3/b16-11-. The van der Waals surface area contributed by atoms with Gasteiger partial charge in [-0.1, -0.05) is 0 Å². The molecule has 0 aliphatic heterocycles. The summed E-state index contributed by atoms with van der Waals surface area (Å²) in [5.74, 6) is 1.79. The Morgan fingerprint density at radius 2 is 2.08 bits per heavy atom. The van der Waals surface area contributed by atoms with Crippen LogP contribution in [-0.2, 0) is 9.53 Å². The topological polar surface area (TPSA) is 86.7 Å². The molecule has 4 bridgehead atoms. The summed E-state index contributed by atoms with van der Waals surface area (Å²) in [5.41, 5.74) is 1.64. The Hall–Kier alpha value is -2.08. The molecular formula is C20H27N3O3. The molecule has 4 aliphatic carbocycles. The van der Waals surface area contributed by atoms with Crippen molar-refractivity contribution in [3.8, 4) is 0 Å². The van der Waals surface area contributed by atoms with Crippen molar-refractivity contribution in [3.05, 3.63) is 23.4 Å². The van der Waals surface area contributed by atoms with E-state index >= 15 is 0 Å². The van der Waals surface area contributed by atoms with E-state index in [-0.39, 0.29) is 12.0 Å². The molecule has 0 amide bonds. The Kier molecular flexibility index (Phi) is 4.18. The van der Waals surface area contributed by atoms with Crippen LogP contribution in [0.25, 0.3) is 5.70 Å². The lowest BCUT2D eigenvalue weighted by atomic mass is 9.52. The summed E-state index contributed by atoms with van der Waals surface area (Å²) in [6.07, 6.45) is 6.76. The van der Waals surface area contributed by atoms with E-state index in [1.54, 1.807) is 13.1 Å². The molecule has 0 saturated heterocycles. The van der Waals surface area contributed by atoms with Gasteiger partial charge in [0.05, 0.1) is 24.0 Å². The first-order valence-corrected chi connectivity index (χ1v) is 9.36. The number of esters is 1. The zero-order valence-corrected chi connectivity index (χ0v) is 15.4. The van der Waals surface area contributed by atoms with Crippen LogP contribution in [0.5, 0.6) is 0 Å². The van der Waals surface area contributed by atoms with Gasteiger partial charge in [0.15, 0.2) is 0 Å². The fraction of sp³-hybridized carbons (Fsp3) is 0.600. The second-order valence-electron chi connectivity index (χ2n) is 8.25. The maximum absolute atomic E-state index is 12.2. The van der Waals surface area contributed by atoms with Crippen molar-refractivity contribution in [2.45, 2.75) is 50.7 Å². The molecule has 4 fully saturated rings. The highest BCUT2D eigenvalue weighted by atomic mass is 16.5. The van der Waals surface area contributed by atoms with Crippen LogP contribution >= 0.6 is 0 Å². The molecule has 2 unspecified atom stereocenters. The van der Waals surface area contributed by atoms with Gasteiger partial charge in [0.2, 0.25) is 0 Å². The first kappa shape index (κ1) is 17.3. The number of carbonyl (C=O) groups is 1. The Bertz CT molecular complexity index is 750. The number of nitrogens with one attached hydrogen (secondary N) is 2. The molecular weight excluding hydrogens is 330 g/mol. The fourth-order valence-electron chi connectivity index (χ4n) is 5.72. The van der Waals surface area contributed by atoms with Crippen LogP contribution in [0.15, 0.2) is 22.8 Å². The van der Waals surface area contributed by atoms with E-state index < -0.39 is 5.60 Å². The first-order valence-electron chi connectivity index (χ1n) is 9.36. The summed E-state index contributed by atoms with van der Waals surface area (Å²) in [5, 5.41) is 14.5. The van der Waals surface area contributed by atoms with Crippen molar-refractivity contribution >= 4 is 24.2 Å². The second-order valence-corrected chi connectivity index (χ2v) is 8.25. The van der Waals surface area contributed by atoms with Gasteiger partial charge in [0.25, 0.3) is 0 Å². The molecule has 0 aromatic carbocycles. The average Bonchev–Trinajstić information content (AvgIpc) is 3.07. The van der Waals surface area contributed by atoms with E-state index in [1.165, 1.54) is 7.11 Å². The van der Waals surface area contributed by atoms with Crippen molar-refractivity contribution in [3.63, 3.8) is 0 Å². The van der Waals surface area contributed by atoms with Crippen LogP contribution in [-0.4, -0.2) is 41.5 Å². The summed E-state index contributed by atoms with van der Waals surface area (Å²) in [6.45, 7) is 5.39. The zero-order chi connectivity index (χ0) is 18.5. The van der Waals surface area contributed by atoms with Gasteiger partial charge >= 0.3 is 5.97 Å². The molecule has 1 aromatic rings. The van der Waals surface area contributed by atoms with E-state index in [2.05, 4.69) is 22.0 Å². The number of nitrogens with zero attached hydrogens (tertiary/aromatic N) is 1. The lowest BCUT2D eigenvalue weighted by Crippen LogP contribution is -2.60. The molecule has 3 N–H and O–H groups in total. The largest absolute Gasteiger partial charge is 0.466 e. The number of methoxy groups -OCH3 is 1. The van der Waals surface area contributed by atoms with E-state index in [0.717, 1.165) is 43.4 Å². The highest BCUT2D eigenvalue weighted by molar-refractivity contribution is 5.97. The number of aliphatic imine (C=N–C) groups is 1. The van der Waals surface area contributed by atoms with Crippen LogP contribution in [0, 0.1) is 17.8 Å². The van der Waals surface area contributed by atoms with Gasteiger partial charge in [0, 0.05) is 17.8 Å². The molecule has 5 rings (SSSR count). The normalized spacial score (nSPS) is 35.8. The van der Waals surface area contributed by atoms with Gasteiger partial charge in [-0.05, 0) is 69.6 Å². The van der Waals surface area contributed by atoms with Crippen LogP contribution in [0.2, 0.25) is 0 Å². The quantitative estimate of drug-likeness (QED) is 0.430. The van der Waals surface area contributed by atoms with Gasteiger partial charge in [0.1, 0.15) is 5.82 Å². The number of H-pyrrole nitrogens is 1.